The molecule has 2 aliphatic rings. The Kier molecular flexibility index (Phi) is 1.46. The molecule has 10 heavy (non-hydrogen) atoms. The van der Waals surface area contributed by atoms with Crippen LogP contribution < -0.4 is 0 Å². The molecule has 1 heterocycles. The number of hydrogen-bond donors (Lipinski definition) is 0. The van der Waals surface area contributed by atoms with Crippen LogP contribution in [0.1, 0.15) is 19.3 Å². The van der Waals surface area contributed by atoms with Crippen molar-refractivity contribution in [3.8, 4) is 0 Å². The second-order valence-corrected chi connectivity index (χ2v) is 7.26. The third-order valence-corrected chi connectivity index (χ3v) is 6.51. The van der Waals surface area contributed by atoms with Gasteiger partial charge in [0.15, 0.2) is 0 Å². The molecular formula is C9H14P+. The van der Waals surface area contributed by atoms with Crippen LogP contribution in [0, 0.1) is 0 Å². The van der Waals surface area contributed by atoms with E-state index in [2.05, 4.69) is 30.5 Å². The van der Waals surface area contributed by atoms with Gasteiger partial charge in [-0.1, -0.05) is 0 Å². The van der Waals surface area contributed by atoms with Crippen molar-refractivity contribution >= 4 is 7.26 Å². The minimum Gasteiger partial charge on any atom is -0.0458 e. The van der Waals surface area contributed by atoms with Gasteiger partial charge in [0.05, 0.1) is 31.2 Å². The average Bonchev–Trinajstić information content (AvgIpc) is 2.09. The van der Waals surface area contributed by atoms with Gasteiger partial charge in [-0.05, 0) is 31.4 Å². The van der Waals surface area contributed by atoms with Gasteiger partial charge in [-0.25, -0.2) is 0 Å². The van der Waals surface area contributed by atoms with E-state index < -0.39 is 7.26 Å². The highest BCUT2D eigenvalue weighted by Crippen LogP contribution is 2.69. The molecule has 0 unspecified atom stereocenters. The maximum Gasteiger partial charge on any atom is 0.0777 e. The largest absolute Gasteiger partial charge is 0.0777 e. The highest BCUT2D eigenvalue weighted by atomic mass is 31.2. The molecule has 0 atom stereocenters. The van der Waals surface area contributed by atoms with Gasteiger partial charge < -0.3 is 0 Å². The topological polar surface area (TPSA) is 0 Å². The molecule has 1 aliphatic carbocycles. The van der Waals surface area contributed by atoms with Crippen molar-refractivity contribution in [2.45, 2.75) is 24.9 Å². The van der Waals surface area contributed by atoms with Gasteiger partial charge in [0, 0.05) is 0 Å². The Morgan fingerprint density at radius 3 is 2.20 bits per heavy atom. The molecule has 0 spiro atoms. The van der Waals surface area contributed by atoms with Crippen molar-refractivity contribution in [1.82, 2.24) is 0 Å². The lowest BCUT2D eigenvalue weighted by Crippen LogP contribution is -2.18. The zero-order valence-electron chi connectivity index (χ0n) is 6.46. The minimum atomic E-state index is -0.685. The monoisotopic (exact) mass is 153 g/mol. The van der Waals surface area contributed by atoms with Crippen LogP contribution in [-0.2, 0) is 0 Å². The lowest BCUT2D eigenvalue weighted by molar-refractivity contribution is 0.513. The molecule has 0 amide bonds. The molecule has 0 nitrogen and oxygen atoms in total. The van der Waals surface area contributed by atoms with Crippen LogP contribution in [0.25, 0.3) is 0 Å². The molecular weight excluding hydrogens is 139 g/mol. The molecule has 0 bridgehead atoms. The highest BCUT2D eigenvalue weighted by molar-refractivity contribution is 7.81. The first-order valence-electron chi connectivity index (χ1n) is 4.04. The van der Waals surface area contributed by atoms with E-state index in [1.54, 1.807) is 0 Å². The summed E-state index contributed by atoms with van der Waals surface area (Å²) < 4.78 is 0. The van der Waals surface area contributed by atoms with E-state index in [1.165, 1.54) is 19.3 Å². The van der Waals surface area contributed by atoms with Crippen LogP contribution in [0.3, 0.4) is 0 Å². The maximum absolute atomic E-state index is 2.46. The number of rotatable bonds is 1. The molecule has 0 radical (unpaired) electrons. The van der Waals surface area contributed by atoms with Crippen molar-refractivity contribution in [3.05, 3.63) is 23.8 Å². The van der Waals surface area contributed by atoms with Gasteiger partial charge >= 0.3 is 0 Å². The van der Waals surface area contributed by atoms with Gasteiger partial charge in [0.25, 0.3) is 0 Å². The Hall–Kier alpha value is -0.0900. The van der Waals surface area contributed by atoms with Crippen molar-refractivity contribution in [3.63, 3.8) is 0 Å². The second kappa shape index (κ2) is 2.20. The Morgan fingerprint density at radius 2 is 1.80 bits per heavy atom. The standard InChI is InChI=1S/C9H14P/c1-10(7-2-3-8-10)9-5-4-6-9/h2-3,7-9H,4-6H2,1H3/q+1. The molecule has 54 valence electrons. The first-order valence-corrected chi connectivity index (χ1v) is 6.48. The molecule has 1 aliphatic heterocycles. The predicted molar refractivity (Wildman–Crippen MR) is 48.8 cm³/mol. The third kappa shape index (κ3) is 0.864. The Labute approximate surface area is 63.4 Å². The summed E-state index contributed by atoms with van der Waals surface area (Å²) in [5, 5.41) is 0. The summed E-state index contributed by atoms with van der Waals surface area (Å²) in [6, 6.07) is 0. The van der Waals surface area contributed by atoms with E-state index in [0.29, 0.717) is 0 Å². The van der Waals surface area contributed by atoms with Gasteiger partial charge in [0.1, 0.15) is 0 Å². The lowest BCUT2D eigenvalue weighted by atomic mass is 10.00. The number of hydrogen-bond acceptors (Lipinski definition) is 0. The van der Waals surface area contributed by atoms with E-state index >= 15 is 0 Å². The van der Waals surface area contributed by atoms with Gasteiger partial charge in [-0.15, -0.1) is 0 Å². The van der Waals surface area contributed by atoms with Crippen LogP contribution in [-0.4, -0.2) is 12.3 Å². The molecule has 1 heteroatoms. The summed E-state index contributed by atoms with van der Waals surface area (Å²) in [5.74, 6) is 4.91. The van der Waals surface area contributed by atoms with Crippen molar-refractivity contribution in [2.24, 2.45) is 0 Å². The number of allylic oxidation sites excluding steroid dienone is 2. The zero-order chi connectivity index (χ0) is 7.03. The fraction of sp³-hybridized carbons (Fsp3) is 0.556. The smallest absolute Gasteiger partial charge is 0.0458 e. The van der Waals surface area contributed by atoms with Crippen LogP contribution in [0.2, 0.25) is 0 Å². The van der Waals surface area contributed by atoms with Crippen molar-refractivity contribution in [2.75, 3.05) is 6.66 Å². The van der Waals surface area contributed by atoms with E-state index in [0.717, 1.165) is 5.66 Å². The fourth-order valence-electron chi connectivity index (χ4n) is 1.71. The van der Waals surface area contributed by atoms with E-state index in [1.807, 2.05) is 0 Å². The molecule has 0 saturated heterocycles. The van der Waals surface area contributed by atoms with Crippen LogP contribution >= 0.6 is 7.26 Å². The van der Waals surface area contributed by atoms with Crippen molar-refractivity contribution in [1.29, 1.82) is 0 Å². The lowest BCUT2D eigenvalue weighted by Gasteiger charge is -2.30. The van der Waals surface area contributed by atoms with Gasteiger partial charge in [-0.2, -0.15) is 0 Å². The predicted octanol–water partition coefficient (Wildman–Crippen LogP) is 3.23. The summed E-state index contributed by atoms with van der Waals surface area (Å²) in [5.41, 5.74) is 1.06. The van der Waals surface area contributed by atoms with Gasteiger partial charge in [-0.3, -0.25) is 0 Å². The second-order valence-electron chi connectivity index (χ2n) is 3.49. The molecule has 1 fully saturated rings. The zero-order valence-corrected chi connectivity index (χ0v) is 7.35. The normalized spacial score (nSPS) is 28.9. The van der Waals surface area contributed by atoms with E-state index in [-0.39, 0.29) is 0 Å². The third-order valence-electron chi connectivity index (χ3n) is 2.79. The Morgan fingerprint density at radius 1 is 1.20 bits per heavy atom. The SMILES string of the molecule is C[P+]1(C2CCC2)C=CC=C1. The molecule has 0 aromatic heterocycles. The van der Waals surface area contributed by atoms with Crippen LogP contribution in [0.5, 0.6) is 0 Å². The molecule has 2 rings (SSSR count). The molecule has 1 saturated carbocycles. The molecule has 0 aromatic carbocycles. The van der Waals surface area contributed by atoms with Crippen LogP contribution in [0.4, 0.5) is 0 Å². The maximum atomic E-state index is 2.46. The summed E-state index contributed by atoms with van der Waals surface area (Å²) in [7, 11) is -0.685. The highest BCUT2D eigenvalue weighted by Gasteiger charge is 2.41. The summed E-state index contributed by atoms with van der Waals surface area (Å²) >= 11 is 0. The van der Waals surface area contributed by atoms with Crippen LogP contribution in [0.15, 0.2) is 23.8 Å². The fourth-order valence-corrected chi connectivity index (χ4v) is 4.71. The Bertz CT molecular complexity index is 175. The average molecular weight is 153 g/mol. The first-order chi connectivity index (χ1) is 4.81. The Balaban J connectivity index is 2.13. The summed E-state index contributed by atoms with van der Waals surface area (Å²) in [6.45, 7) is 2.46. The first kappa shape index (κ1) is 6.61. The van der Waals surface area contributed by atoms with E-state index in [9.17, 15) is 0 Å². The quantitative estimate of drug-likeness (QED) is 0.507. The van der Waals surface area contributed by atoms with E-state index in [4.69, 9.17) is 0 Å². The van der Waals surface area contributed by atoms with Crippen molar-refractivity contribution < 1.29 is 0 Å². The summed E-state index contributed by atoms with van der Waals surface area (Å²) in [6.07, 6.45) is 8.90. The molecule has 0 aromatic rings. The van der Waals surface area contributed by atoms with Gasteiger partial charge in [0.2, 0.25) is 0 Å². The summed E-state index contributed by atoms with van der Waals surface area (Å²) in [4.78, 5) is 0. The molecule has 0 N–H and O–H groups in total. The minimum absolute atomic E-state index is 0.685.